The molecule has 0 amide bonds. The maximum Gasteiger partial charge on any atom is 0.299 e. The van der Waals surface area contributed by atoms with Gasteiger partial charge < -0.3 is 8.43 Å². The maximum atomic E-state index is 13.4. The molecule has 0 aromatic rings. The van der Waals surface area contributed by atoms with Gasteiger partial charge in [-0.2, -0.15) is 0 Å². The van der Waals surface area contributed by atoms with Gasteiger partial charge in [0, 0.05) is 0 Å². The smallest absolute Gasteiger partial charge is 0.299 e. The molecule has 0 aromatic carbocycles. The van der Waals surface area contributed by atoms with Crippen LogP contribution >= 0.6 is 8.25 Å². The van der Waals surface area contributed by atoms with Gasteiger partial charge in [-0.3, -0.25) is 4.57 Å². The van der Waals surface area contributed by atoms with Crippen LogP contribution in [0.4, 0.5) is 0 Å². The summed E-state index contributed by atoms with van der Waals surface area (Å²) in [5.41, 5.74) is 3.07. The molecule has 174 valence electrons. The van der Waals surface area contributed by atoms with E-state index in [-0.39, 0.29) is 0 Å². The molecule has 0 bridgehead atoms. The van der Waals surface area contributed by atoms with Crippen molar-refractivity contribution in [1.82, 2.24) is 0 Å². The summed E-state index contributed by atoms with van der Waals surface area (Å²) in [7, 11) is -5.24. The van der Waals surface area contributed by atoms with Crippen LogP contribution in [0, 0.1) is 0 Å². The lowest BCUT2D eigenvalue weighted by molar-refractivity contribution is 0.356. The Morgan fingerprint density at radius 3 is 0.900 bits per heavy atom. The molecule has 4 aliphatic carbocycles. The van der Waals surface area contributed by atoms with Crippen molar-refractivity contribution in [2.45, 2.75) is 151 Å². The van der Waals surface area contributed by atoms with E-state index in [0.717, 1.165) is 22.2 Å². The van der Waals surface area contributed by atoms with Crippen LogP contribution < -0.4 is 0 Å². The predicted molar refractivity (Wildman–Crippen MR) is 133 cm³/mol. The van der Waals surface area contributed by atoms with Gasteiger partial charge in [0.15, 0.2) is 18.1 Å². The lowest BCUT2D eigenvalue weighted by Gasteiger charge is -2.38. The number of hydrogen-bond donors (Lipinski definition) is 0. The van der Waals surface area contributed by atoms with Crippen LogP contribution in [0.2, 0.25) is 22.2 Å². The summed E-state index contributed by atoms with van der Waals surface area (Å²) in [4.78, 5) is 0. The molecule has 0 spiro atoms. The van der Waals surface area contributed by atoms with Crippen molar-refractivity contribution < 1.29 is 13.0 Å². The van der Waals surface area contributed by atoms with Crippen molar-refractivity contribution in [3.8, 4) is 0 Å². The molecule has 3 nitrogen and oxygen atoms in total. The average molecular weight is 471 g/mol. The van der Waals surface area contributed by atoms with Crippen molar-refractivity contribution >= 4 is 26.3 Å². The van der Waals surface area contributed by atoms with Crippen molar-refractivity contribution in [3.63, 3.8) is 0 Å². The summed E-state index contributed by atoms with van der Waals surface area (Å²) in [6.45, 7) is 0. The number of rotatable bonds is 8. The van der Waals surface area contributed by atoms with Gasteiger partial charge in [-0.1, -0.05) is 128 Å². The summed E-state index contributed by atoms with van der Waals surface area (Å²) < 4.78 is 26.7. The predicted octanol–water partition coefficient (Wildman–Crippen LogP) is 8.19. The standard InChI is InChI=1S/C24H47O3PSi2/c25-28(26-29(21-13-5-1-6-14-21)22-15-7-2-8-16-22)27-30(23-17-9-3-10-18-23)24-19-11-4-12-20-24/h21-24,28-30H,1-20H2. The van der Waals surface area contributed by atoms with Crippen LogP contribution in [-0.2, 0) is 13.0 Å². The molecule has 0 N–H and O–H groups in total. The summed E-state index contributed by atoms with van der Waals surface area (Å²) in [6.07, 6.45) is 27.3. The zero-order valence-corrected chi connectivity index (χ0v) is 22.6. The first-order valence-corrected chi connectivity index (χ1v) is 18.5. The number of hydrogen-bond acceptors (Lipinski definition) is 3. The first-order chi connectivity index (χ1) is 14.8. The molecule has 0 radical (unpaired) electrons. The van der Waals surface area contributed by atoms with E-state index in [1.54, 1.807) is 0 Å². The summed E-state index contributed by atoms with van der Waals surface area (Å²) in [5.74, 6) is 0. The molecule has 4 rings (SSSR count). The molecule has 0 unspecified atom stereocenters. The van der Waals surface area contributed by atoms with E-state index in [4.69, 9.17) is 8.43 Å². The Kier molecular flexibility index (Phi) is 10.1. The molecule has 0 aromatic heterocycles. The molecular formula is C24H47O3PSi2. The lowest BCUT2D eigenvalue weighted by Crippen LogP contribution is -2.34. The topological polar surface area (TPSA) is 35.5 Å². The highest BCUT2D eigenvalue weighted by Gasteiger charge is 2.39. The highest BCUT2D eigenvalue weighted by molar-refractivity contribution is 7.37. The zero-order valence-electron chi connectivity index (χ0n) is 19.3. The van der Waals surface area contributed by atoms with Gasteiger partial charge in [-0.25, -0.2) is 0 Å². The van der Waals surface area contributed by atoms with Gasteiger partial charge >= 0.3 is 0 Å². The van der Waals surface area contributed by atoms with Crippen LogP contribution in [0.15, 0.2) is 0 Å². The quantitative estimate of drug-likeness (QED) is 0.265. The van der Waals surface area contributed by atoms with E-state index in [0.29, 0.717) is 0 Å². The van der Waals surface area contributed by atoms with Crippen LogP contribution in [0.5, 0.6) is 0 Å². The normalized spacial score (nSPS) is 26.8. The van der Waals surface area contributed by atoms with Crippen molar-refractivity contribution in [2.75, 3.05) is 0 Å². The molecule has 0 saturated heterocycles. The minimum atomic E-state index is -2.31. The third kappa shape index (κ3) is 6.79. The second-order valence-corrected chi connectivity index (χ2v) is 19.0. The fourth-order valence-electron chi connectivity index (χ4n) is 7.26. The maximum absolute atomic E-state index is 13.4. The minimum absolute atomic E-state index is 0.767. The Balaban J connectivity index is 1.41. The second kappa shape index (κ2) is 12.7. The van der Waals surface area contributed by atoms with Crippen molar-refractivity contribution in [1.29, 1.82) is 0 Å². The molecule has 0 aliphatic heterocycles. The third-order valence-corrected chi connectivity index (χ3v) is 19.0. The summed E-state index contributed by atoms with van der Waals surface area (Å²) in [6, 6.07) is 0. The fourth-order valence-corrected chi connectivity index (χ4v) is 18.9. The van der Waals surface area contributed by atoms with Gasteiger partial charge in [-0.15, -0.1) is 0 Å². The summed E-state index contributed by atoms with van der Waals surface area (Å²) in [5, 5.41) is 0. The third-order valence-electron chi connectivity index (χ3n) is 8.92. The molecule has 4 aliphatic rings. The van der Waals surface area contributed by atoms with Gasteiger partial charge in [0.05, 0.1) is 0 Å². The van der Waals surface area contributed by atoms with E-state index in [1.165, 1.54) is 128 Å². The van der Waals surface area contributed by atoms with Crippen LogP contribution in [0.1, 0.15) is 128 Å². The monoisotopic (exact) mass is 470 g/mol. The van der Waals surface area contributed by atoms with Crippen molar-refractivity contribution in [2.24, 2.45) is 0 Å². The SMILES string of the molecule is O=[PH](O[SiH](C1CCCCC1)C1CCCCC1)O[SiH](C1CCCCC1)C1CCCCC1. The van der Waals surface area contributed by atoms with Gasteiger partial charge in [0.2, 0.25) is 0 Å². The van der Waals surface area contributed by atoms with Gasteiger partial charge in [0.25, 0.3) is 8.25 Å². The Morgan fingerprint density at radius 2 is 0.667 bits per heavy atom. The molecule has 4 fully saturated rings. The van der Waals surface area contributed by atoms with Gasteiger partial charge in [-0.05, 0) is 22.2 Å². The van der Waals surface area contributed by atoms with Crippen LogP contribution in [0.25, 0.3) is 0 Å². The van der Waals surface area contributed by atoms with E-state index < -0.39 is 26.3 Å². The molecule has 30 heavy (non-hydrogen) atoms. The second-order valence-electron chi connectivity index (χ2n) is 11.0. The van der Waals surface area contributed by atoms with E-state index in [2.05, 4.69) is 0 Å². The Bertz CT molecular complexity index is 431. The van der Waals surface area contributed by atoms with E-state index in [1.807, 2.05) is 0 Å². The van der Waals surface area contributed by atoms with Gasteiger partial charge in [0.1, 0.15) is 0 Å². The summed E-state index contributed by atoms with van der Waals surface area (Å²) >= 11 is 0. The van der Waals surface area contributed by atoms with E-state index >= 15 is 0 Å². The van der Waals surface area contributed by atoms with Crippen molar-refractivity contribution in [3.05, 3.63) is 0 Å². The first-order valence-electron chi connectivity index (χ1n) is 13.7. The first kappa shape index (κ1) is 23.7. The molecule has 4 saturated carbocycles. The minimum Gasteiger partial charge on any atom is -0.356 e. The Morgan fingerprint density at radius 1 is 0.433 bits per heavy atom. The Hall–Kier alpha value is 0.584. The highest BCUT2D eigenvalue weighted by atomic mass is 31.1. The molecular weight excluding hydrogens is 423 g/mol. The molecule has 6 heteroatoms. The van der Waals surface area contributed by atoms with E-state index in [9.17, 15) is 4.57 Å². The Labute approximate surface area is 189 Å². The molecule has 0 atom stereocenters. The largest absolute Gasteiger partial charge is 0.356 e. The highest BCUT2D eigenvalue weighted by Crippen LogP contribution is 2.49. The average Bonchev–Trinajstić information content (AvgIpc) is 2.83. The molecule has 0 heterocycles. The zero-order chi connectivity index (χ0) is 20.6. The van der Waals surface area contributed by atoms with Crippen LogP contribution in [0.3, 0.4) is 0 Å². The van der Waals surface area contributed by atoms with Crippen LogP contribution in [-0.4, -0.2) is 18.1 Å². The fraction of sp³-hybridized carbons (Fsp3) is 1.00. The lowest BCUT2D eigenvalue weighted by atomic mass is 9.99.